The van der Waals surface area contributed by atoms with Crippen LogP contribution in [0.2, 0.25) is 0 Å². The van der Waals surface area contributed by atoms with E-state index in [1.165, 1.54) is 11.0 Å². The van der Waals surface area contributed by atoms with E-state index in [0.717, 1.165) is 0 Å². The fourth-order valence-corrected chi connectivity index (χ4v) is 3.46. The largest absolute Gasteiger partial charge is 0.485 e. The van der Waals surface area contributed by atoms with Crippen LogP contribution in [0.3, 0.4) is 0 Å². The number of rotatable bonds is 3. The van der Waals surface area contributed by atoms with Gasteiger partial charge in [-0.2, -0.15) is 0 Å². The molecule has 0 unspecified atom stereocenters. The van der Waals surface area contributed by atoms with Gasteiger partial charge in [-0.25, -0.2) is 10.2 Å². The number of carbonyl (C=O) groups excluding carboxylic acids is 2. The number of urea groups is 1. The number of carbonyl (C=O) groups is 2. The number of para-hydroxylation sites is 4. The lowest BCUT2D eigenvalue weighted by atomic mass is 10.2. The minimum atomic E-state index is -0.884. The van der Waals surface area contributed by atoms with Crippen molar-refractivity contribution >= 4 is 23.3 Å². The first-order valence-electron chi connectivity index (χ1n) is 9.74. The number of benzene rings is 2. The summed E-state index contributed by atoms with van der Waals surface area (Å²) in [6.07, 6.45) is -0.884. The molecule has 2 aromatic rings. The van der Waals surface area contributed by atoms with E-state index >= 15 is 0 Å². The number of hydrogen-bond acceptors (Lipinski definition) is 7. The normalized spacial score (nSPS) is 17.6. The Bertz CT molecular complexity index is 992. The monoisotopic (exact) mass is 427 g/mol. The number of nitrogens with zero attached hydrogens (tertiary/aromatic N) is 3. The highest BCUT2D eigenvalue weighted by Crippen LogP contribution is 2.31. The molecule has 4 rings (SSSR count). The predicted molar refractivity (Wildman–Crippen MR) is 110 cm³/mol. The van der Waals surface area contributed by atoms with E-state index in [1.807, 2.05) is 4.90 Å². The lowest BCUT2D eigenvalue weighted by molar-refractivity contribution is -0.384. The molecule has 0 aliphatic carbocycles. The van der Waals surface area contributed by atoms with Crippen molar-refractivity contribution in [3.63, 3.8) is 0 Å². The van der Waals surface area contributed by atoms with Gasteiger partial charge in [0.1, 0.15) is 12.3 Å². The molecule has 3 amide bonds. The Morgan fingerprint density at radius 2 is 1.65 bits per heavy atom. The highest BCUT2D eigenvalue weighted by molar-refractivity contribution is 5.85. The Hall–Kier alpha value is -4.02. The summed E-state index contributed by atoms with van der Waals surface area (Å²) in [6.45, 7) is 1.60. The molecule has 0 spiro atoms. The SMILES string of the molecule is O=C(NNC(=O)N1CCN(c2ccccc2[N+](=O)[O-])CC1)[C@H]1COc2ccccc2O1. The summed E-state index contributed by atoms with van der Waals surface area (Å²) in [6, 6.07) is 13.1. The molecule has 0 bridgehead atoms. The summed E-state index contributed by atoms with van der Waals surface area (Å²) in [5, 5.41) is 11.2. The number of hydrazine groups is 1. The predicted octanol–water partition coefficient (Wildman–Crippen LogP) is 1.30. The average molecular weight is 427 g/mol. The summed E-state index contributed by atoms with van der Waals surface area (Å²) >= 11 is 0. The molecule has 11 heteroatoms. The smallest absolute Gasteiger partial charge is 0.336 e. The van der Waals surface area contributed by atoms with Crippen molar-refractivity contribution in [3.05, 3.63) is 58.6 Å². The van der Waals surface area contributed by atoms with Gasteiger partial charge in [-0.3, -0.25) is 20.3 Å². The number of nitro benzene ring substituents is 1. The Morgan fingerprint density at radius 1 is 0.968 bits per heavy atom. The Kier molecular flexibility index (Phi) is 5.74. The highest BCUT2D eigenvalue weighted by Gasteiger charge is 2.29. The summed E-state index contributed by atoms with van der Waals surface area (Å²) < 4.78 is 11.1. The molecule has 1 saturated heterocycles. The lowest BCUT2D eigenvalue weighted by Gasteiger charge is -2.35. The van der Waals surface area contributed by atoms with Gasteiger partial charge >= 0.3 is 6.03 Å². The average Bonchev–Trinajstić information content (AvgIpc) is 2.82. The Labute approximate surface area is 177 Å². The minimum absolute atomic E-state index is 0.0314. The minimum Gasteiger partial charge on any atom is -0.485 e. The number of hydrogen-bond donors (Lipinski definition) is 2. The lowest BCUT2D eigenvalue weighted by Crippen LogP contribution is -2.57. The summed E-state index contributed by atoms with van der Waals surface area (Å²) in [5.41, 5.74) is 5.30. The van der Waals surface area contributed by atoms with Crippen LogP contribution in [-0.4, -0.2) is 60.7 Å². The Balaban J connectivity index is 1.26. The van der Waals surface area contributed by atoms with Crippen LogP contribution in [0, 0.1) is 10.1 Å². The van der Waals surface area contributed by atoms with Gasteiger partial charge in [-0.1, -0.05) is 24.3 Å². The van der Waals surface area contributed by atoms with Gasteiger partial charge in [0.15, 0.2) is 11.5 Å². The first kappa shape index (κ1) is 20.3. The van der Waals surface area contributed by atoms with Gasteiger partial charge in [-0.15, -0.1) is 0 Å². The third-order valence-corrected chi connectivity index (χ3v) is 5.08. The van der Waals surface area contributed by atoms with E-state index in [1.54, 1.807) is 42.5 Å². The van der Waals surface area contributed by atoms with Gasteiger partial charge in [0.2, 0.25) is 6.10 Å². The van der Waals surface area contributed by atoms with Gasteiger partial charge in [0, 0.05) is 32.2 Å². The van der Waals surface area contributed by atoms with Crippen LogP contribution in [0.15, 0.2) is 48.5 Å². The number of nitrogens with one attached hydrogen (secondary N) is 2. The zero-order valence-electron chi connectivity index (χ0n) is 16.5. The van der Waals surface area contributed by atoms with Gasteiger partial charge in [-0.05, 0) is 18.2 Å². The first-order valence-corrected chi connectivity index (χ1v) is 9.74. The molecule has 2 N–H and O–H groups in total. The second-order valence-corrected chi connectivity index (χ2v) is 7.00. The zero-order chi connectivity index (χ0) is 21.8. The zero-order valence-corrected chi connectivity index (χ0v) is 16.5. The maximum Gasteiger partial charge on any atom is 0.336 e. The van der Waals surface area contributed by atoms with Gasteiger partial charge in [0.25, 0.3) is 11.6 Å². The summed E-state index contributed by atoms with van der Waals surface area (Å²) in [5.74, 6) is 0.500. The molecule has 0 saturated carbocycles. The second kappa shape index (κ2) is 8.78. The topological polar surface area (TPSA) is 126 Å². The van der Waals surface area contributed by atoms with E-state index in [9.17, 15) is 19.7 Å². The molecule has 2 heterocycles. The quantitative estimate of drug-likeness (QED) is 0.558. The fourth-order valence-electron chi connectivity index (χ4n) is 3.46. The number of nitro groups is 1. The molecule has 31 heavy (non-hydrogen) atoms. The number of piperazine rings is 1. The number of fused-ring (bicyclic) bond motifs is 1. The van der Waals surface area contributed by atoms with Crippen molar-refractivity contribution in [2.75, 3.05) is 37.7 Å². The van der Waals surface area contributed by atoms with Crippen LogP contribution in [0.1, 0.15) is 0 Å². The van der Waals surface area contributed by atoms with Crippen LogP contribution >= 0.6 is 0 Å². The standard InChI is InChI=1S/C20H21N5O6/c26-19(18-13-30-16-7-3-4-8-17(16)31-18)21-22-20(27)24-11-9-23(10-12-24)14-5-1-2-6-15(14)25(28)29/h1-8,18H,9-13H2,(H,21,26)(H,22,27)/t18-/m1/s1. The molecule has 0 radical (unpaired) electrons. The molecular formula is C20H21N5O6. The van der Waals surface area contributed by atoms with Gasteiger partial charge in [0.05, 0.1) is 4.92 Å². The van der Waals surface area contributed by atoms with Crippen molar-refractivity contribution in [1.82, 2.24) is 15.8 Å². The van der Waals surface area contributed by atoms with Crippen LogP contribution in [-0.2, 0) is 4.79 Å². The van der Waals surface area contributed by atoms with Crippen LogP contribution in [0.25, 0.3) is 0 Å². The van der Waals surface area contributed by atoms with E-state index in [0.29, 0.717) is 43.4 Å². The molecule has 11 nitrogen and oxygen atoms in total. The van der Waals surface area contributed by atoms with Crippen molar-refractivity contribution in [3.8, 4) is 11.5 Å². The van der Waals surface area contributed by atoms with E-state index in [4.69, 9.17) is 9.47 Å². The molecule has 2 aliphatic heterocycles. The summed E-state index contributed by atoms with van der Waals surface area (Å²) in [4.78, 5) is 38.9. The molecule has 2 aliphatic rings. The van der Waals surface area contributed by atoms with Crippen molar-refractivity contribution in [2.45, 2.75) is 6.10 Å². The molecule has 2 aromatic carbocycles. The van der Waals surface area contributed by atoms with E-state index in [2.05, 4.69) is 10.9 Å². The van der Waals surface area contributed by atoms with E-state index in [-0.39, 0.29) is 12.3 Å². The van der Waals surface area contributed by atoms with Crippen LogP contribution < -0.4 is 25.2 Å². The number of anilines is 1. The maximum absolute atomic E-state index is 12.4. The third-order valence-electron chi connectivity index (χ3n) is 5.08. The maximum atomic E-state index is 12.4. The Morgan fingerprint density at radius 3 is 2.39 bits per heavy atom. The van der Waals surface area contributed by atoms with Crippen molar-refractivity contribution in [2.24, 2.45) is 0 Å². The molecular weight excluding hydrogens is 406 g/mol. The van der Waals surface area contributed by atoms with Crippen LogP contribution in [0.5, 0.6) is 11.5 Å². The fraction of sp³-hybridized carbons (Fsp3) is 0.300. The van der Waals surface area contributed by atoms with E-state index < -0.39 is 23.0 Å². The number of ether oxygens (including phenoxy) is 2. The number of amides is 3. The molecule has 162 valence electrons. The third kappa shape index (κ3) is 4.44. The van der Waals surface area contributed by atoms with Crippen molar-refractivity contribution in [1.29, 1.82) is 0 Å². The van der Waals surface area contributed by atoms with Crippen molar-refractivity contribution < 1.29 is 24.0 Å². The van der Waals surface area contributed by atoms with Gasteiger partial charge < -0.3 is 19.3 Å². The molecule has 1 atom stereocenters. The van der Waals surface area contributed by atoms with Crippen LogP contribution in [0.4, 0.5) is 16.2 Å². The highest BCUT2D eigenvalue weighted by atomic mass is 16.6. The molecule has 1 fully saturated rings. The molecule has 0 aromatic heterocycles. The second-order valence-electron chi connectivity index (χ2n) is 7.00. The first-order chi connectivity index (χ1) is 15.0. The summed E-state index contributed by atoms with van der Waals surface area (Å²) in [7, 11) is 0.